The first-order chi connectivity index (χ1) is 18.3. The van der Waals surface area contributed by atoms with E-state index >= 15 is 0 Å². The molecule has 0 saturated heterocycles. The first-order valence-electron chi connectivity index (χ1n) is 11.7. The van der Waals surface area contributed by atoms with E-state index in [0.29, 0.717) is 22.7 Å². The number of benzene rings is 3. The van der Waals surface area contributed by atoms with Crippen molar-refractivity contribution in [3.05, 3.63) is 78.4 Å². The third kappa shape index (κ3) is 5.58. The number of esters is 1. The van der Waals surface area contributed by atoms with Gasteiger partial charge in [-0.15, -0.1) is 0 Å². The third-order valence-corrected chi connectivity index (χ3v) is 7.83. The minimum atomic E-state index is -4.18. The maximum absolute atomic E-state index is 13.8. The molecule has 1 amide bonds. The topological polar surface area (TPSA) is 112 Å². The average Bonchev–Trinajstić information content (AvgIpc) is 2.95. The average molecular weight is 541 g/mol. The highest BCUT2D eigenvalue weighted by atomic mass is 32.2. The SMILES string of the molecule is COC(=O)C1CN(C(=O)CN(Cc2ccccc2)S(=O)(=O)c2ccc(OC)c(OC)c2)c2ccccc2O1. The Morgan fingerprint density at radius 3 is 2.32 bits per heavy atom. The van der Waals surface area contributed by atoms with Gasteiger partial charge in [0.1, 0.15) is 5.75 Å². The molecule has 0 aromatic heterocycles. The number of para-hydroxylation sites is 2. The predicted octanol–water partition coefficient (Wildman–Crippen LogP) is 2.86. The second-order valence-corrected chi connectivity index (χ2v) is 10.3. The Kier molecular flexibility index (Phi) is 8.18. The number of carbonyl (C=O) groups excluding carboxylic acids is 2. The molecule has 0 aliphatic carbocycles. The van der Waals surface area contributed by atoms with Crippen molar-refractivity contribution < 1.29 is 37.0 Å². The number of methoxy groups -OCH3 is 3. The summed E-state index contributed by atoms with van der Waals surface area (Å²) in [6.07, 6.45) is -1.05. The molecule has 1 unspecified atom stereocenters. The van der Waals surface area contributed by atoms with Gasteiger partial charge in [0.25, 0.3) is 0 Å². The van der Waals surface area contributed by atoms with Gasteiger partial charge in [0.05, 0.1) is 45.0 Å². The standard InChI is InChI=1S/C27H28N2O8S/c1-34-23-14-13-20(15-24(23)35-2)38(32,33)28(16-19-9-5-4-6-10-19)18-26(30)29-17-25(27(31)36-3)37-22-12-8-7-11-21(22)29/h4-15,25H,16-18H2,1-3H3. The molecule has 200 valence electrons. The van der Waals surface area contributed by atoms with Gasteiger partial charge < -0.3 is 23.8 Å². The van der Waals surface area contributed by atoms with Gasteiger partial charge in [-0.05, 0) is 29.8 Å². The summed E-state index contributed by atoms with van der Waals surface area (Å²) in [6, 6.07) is 19.9. The van der Waals surface area contributed by atoms with Crippen molar-refractivity contribution in [1.82, 2.24) is 4.31 Å². The molecule has 0 bridgehead atoms. The molecule has 11 heteroatoms. The summed E-state index contributed by atoms with van der Waals surface area (Å²) in [5.74, 6) is -0.246. The number of amides is 1. The van der Waals surface area contributed by atoms with Gasteiger partial charge in [0, 0.05) is 12.6 Å². The van der Waals surface area contributed by atoms with Crippen LogP contribution in [0.25, 0.3) is 0 Å². The summed E-state index contributed by atoms with van der Waals surface area (Å²) in [7, 11) is -0.0809. The van der Waals surface area contributed by atoms with E-state index in [0.717, 1.165) is 4.31 Å². The van der Waals surface area contributed by atoms with Gasteiger partial charge in [-0.2, -0.15) is 4.31 Å². The van der Waals surface area contributed by atoms with Crippen LogP contribution in [-0.2, 0) is 30.9 Å². The normalized spacial score (nSPS) is 14.8. The van der Waals surface area contributed by atoms with Crippen LogP contribution in [0.1, 0.15) is 5.56 Å². The molecule has 38 heavy (non-hydrogen) atoms. The highest BCUT2D eigenvalue weighted by Crippen LogP contribution is 2.34. The zero-order valence-corrected chi connectivity index (χ0v) is 22.0. The summed E-state index contributed by atoms with van der Waals surface area (Å²) < 4.78 is 49.8. The number of hydrogen-bond acceptors (Lipinski definition) is 8. The fourth-order valence-electron chi connectivity index (χ4n) is 4.10. The highest BCUT2D eigenvalue weighted by molar-refractivity contribution is 7.89. The Hall–Kier alpha value is -4.09. The molecule has 10 nitrogen and oxygen atoms in total. The van der Waals surface area contributed by atoms with Gasteiger partial charge >= 0.3 is 5.97 Å². The summed E-state index contributed by atoms with van der Waals surface area (Å²) in [5, 5.41) is 0. The van der Waals surface area contributed by atoms with E-state index in [4.69, 9.17) is 18.9 Å². The molecule has 1 atom stereocenters. The maximum Gasteiger partial charge on any atom is 0.348 e. The largest absolute Gasteiger partial charge is 0.493 e. The summed E-state index contributed by atoms with van der Waals surface area (Å²) >= 11 is 0. The number of fused-ring (bicyclic) bond motifs is 1. The Bertz CT molecular complexity index is 1410. The van der Waals surface area contributed by atoms with Crippen molar-refractivity contribution in [3.8, 4) is 17.2 Å². The molecule has 3 aromatic carbocycles. The van der Waals surface area contributed by atoms with Crippen LogP contribution >= 0.6 is 0 Å². The molecule has 1 heterocycles. The number of carbonyl (C=O) groups is 2. The molecule has 1 aliphatic rings. The Morgan fingerprint density at radius 2 is 1.63 bits per heavy atom. The summed E-state index contributed by atoms with van der Waals surface area (Å²) in [6.45, 7) is -0.679. The molecular formula is C27H28N2O8S. The fourth-order valence-corrected chi connectivity index (χ4v) is 5.49. The number of anilines is 1. The molecule has 0 saturated carbocycles. The van der Waals surface area contributed by atoms with Crippen LogP contribution in [0.15, 0.2) is 77.7 Å². The van der Waals surface area contributed by atoms with Crippen molar-refractivity contribution in [1.29, 1.82) is 0 Å². The number of nitrogens with zero attached hydrogens (tertiary/aromatic N) is 2. The van der Waals surface area contributed by atoms with Crippen LogP contribution in [0.5, 0.6) is 17.2 Å². The fraction of sp³-hybridized carbons (Fsp3) is 0.259. The number of rotatable bonds is 9. The van der Waals surface area contributed by atoms with Crippen molar-refractivity contribution in [2.45, 2.75) is 17.5 Å². The summed E-state index contributed by atoms with van der Waals surface area (Å²) in [5.41, 5.74) is 1.12. The lowest BCUT2D eigenvalue weighted by molar-refractivity contribution is -0.148. The molecule has 3 aromatic rings. The van der Waals surface area contributed by atoms with Crippen LogP contribution in [0.3, 0.4) is 0 Å². The monoisotopic (exact) mass is 540 g/mol. The molecule has 0 spiro atoms. The first kappa shape index (κ1) is 27.0. The van der Waals surface area contributed by atoms with Crippen LogP contribution in [0.4, 0.5) is 5.69 Å². The third-order valence-electron chi connectivity index (χ3n) is 6.04. The van der Waals surface area contributed by atoms with Crippen molar-refractivity contribution in [2.24, 2.45) is 0 Å². The van der Waals surface area contributed by atoms with E-state index in [9.17, 15) is 18.0 Å². The predicted molar refractivity (Wildman–Crippen MR) is 139 cm³/mol. The zero-order valence-electron chi connectivity index (χ0n) is 21.2. The van der Waals surface area contributed by atoms with E-state index in [1.165, 1.54) is 44.4 Å². The molecule has 0 fully saturated rings. The van der Waals surface area contributed by atoms with E-state index in [2.05, 4.69) is 0 Å². The zero-order chi connectivity index (χ0) is 27.3. The first-order valence-corrected chi connectivity index (χ1v) is 13.1. The van der Waals surface area contributed by atoms with E-state index in [1.807, 2.05) is 6.07 Å². The quantitative estimate of drug-likeness (QED) is 0.381. The molecule has 4 rings (SSSR count). The second-order valence-electron chi connectivity index (χ2n) is 8.38. The van der Waals surface area contributed by atoms with Crippen molar-refractivity contribution >= 4 is 27.6 Å². The molecule has 0 N–H and O–H groups in total. The molecule has 0 radical (unpaired) electrons. The van der Waals surface area contributed by atoms with Crippen molar-refractivity contribution in [2.75, 3.05) is 39.3 Å². The van der Waals surface area contributed by atoms with Gasteiger partial charge in [-0.3, -0.25) is 4.79 Å². The number of ether oxygens (including phenoxy) is 4. The van der Waals surface area contributed by atoms with Gasteiger partial charge in [0.2, 0.25) is 22.0 Å². The Balaban J connectivity index is 1.70. The lowest BCUT2D eigenvalue weighted by Crippen LogP contribution is -2.50. The lowest BCUT2D eigenvalue weighted by atomic mass is 10.2. The minimum absolute atomic E-state index is 0.0598. The number of sulfonamides is 1. The van der Waals surface area contributed by atoms with Gasteiger partial charge in [-0.1, -0.05) is 42.5 Å². The Morgan fingerprint density at radius 1 is 0.947 bits per heavy atom. The summed E-state index contributed by atoms with van der Waals surface area (Å²) in [4.78, 5) is 27.2. The van der Waals surface area contributed by atoms with Crippen LogP contribution in [0, 0.1) is 0 Å². The van der Waals surface area contributed by atoms with E-state index < -0.39 is 34.5 Å². The van der Waals surface area contributed by atoms with E-state index in [-0.39, 0.29) is 23.7 Å². The number of hydrogen-bond donors (Lipinski definition) is 0. The van der Waals surface area contributed by atoms with Crippen LogP contribution < -0.4 is 19.1 Å². The van der Waals surface area contributed by atoms with Crippen molar-refractivity contribution in [3.63, 3.8) is 0 Å². The maximum atomic E-state index is 13.8. The van der Waals surface area contributed by atoms with E-state index in [1.54, 1.807) is 48.5 Å². The van der Waals surface area contributed by atoms with Crippen LogP contribution in [0.2, 0.25) is 0 Å². The molecule has 1 aliphatic heterocycles. The van der Waals surface area contributed by atoms with Gasteiger partial charge in [0.15, 0.2) is 11.5 Å². The second kappa shape index (κ2) is 11.5. The lowest BCUT2D eigenvalue weighted by Gasteiger charge is -2.34. The minimum Gasteiger partial charge on any atom is -0.493 e. The molecular weight excluding hydrogens is 512 g/mol. The van der Waals surface area contributed by atoms with Gasteiger partial charge in [-0.25, -0.2) is 13.2 Å². The Labute approximate surface area is 221 Å². The van der Waals surface area contributed by atoms with Crippen LogP contribution in [-0.4, -0.2) is 65.1 Å². The highest BCUT2D eigenvalue weighted by Gasteiger charge is 2.36. The smallest absolute Gasteiger partial charge is 0.348 e.